The molecule has 2 aromatic carbocycles. The van der Waals surface area contributed by atoms with Gasteiger partial charge < -0.3 is 10.2 Å². The standard InChI is InChI=1S/C27H36ClN3O4S/c1-20-14-16-24(17-15-20)31(36(3,34)35)18-8-13-26(32)30(19-22-9-4-7-12-25(22)28)21(2)27(33)29-23-10-5-6-11-23/h4,7,9,12,14-17,21,23H,5-6,8,10-11,13,18-19H2,1-3H3,(H,29,33). The molecular weight excluding hydrogens is 498 g/mol. The third-order valence-electron chi connectivity index (χ3n) is 6.64. The normalized spacial score (nSPS) is 14.9. The fourth-order valence-electron chi connectivity index (χ4n) is 4.50. The molecule has 2 aromatic rings. The topological polar surface area (TPSA) is 86.8 Å². The highest BCUT2D eigenvalue weighted by molar-refractivity contribution is 7.92. The summed E-state index contributed by atoms with van der Waals surface area (Å²) >= 11 is 6.36. The molecule has 0 heterocycles. The highest BCUT2D eigenvalue weighted by Gasteiger charge is 2.29. The minimum atomic E-state index is -3.52. The van der Waals surface area contributed by atoms with Crippen molar-refractivity contribution in [2.24, 2.45) is 0 Å². The molecule has 36 heavy (non-hydrogen) atoms. The maximum absolute atomic E-state index is 13.4. The molecule has 7 nitrogen and oxygen atoms in total. The van der Waals surface area contributed by atoms with Gasteiger partial charge in [-0.2, -0.15) is 0 Å². The van der Waals surface area contributed by atoms with Gasteiger partial charge in [0.25, 0.3) is 0 Å². The second-order valence-corrected chi connectivity index (χ2v) is 11.9. The molecule has 0 radical (unpaired) electrons. The Bertz CT molecular complexity index is 1150. The highest BCUT2D eigenvalue weighted by atomic mass is 35.5. The van der Waals surface area contributed by atoms with Gasteiger partial charge in [-0.25, -0.2) is 8.42 Å². The smallest absolute Gasteiger partial charge is 0.242 e. The van der Waals surface area contributed by atoms with Gasteiger partial charge in [0.2, 0.25) is 21.8 Å². The lowest BCUT2D eigenvalue weighted by Crippen LogP contribution is -2.49. The Kier molecular flexibility index (Phi) is 9.79. The van der Waals surface area contributed by atoms with Crippen molar-refractivity contribution in [2.45, 2.75) is 71.0 Å². The fourth-order valence-corrected chi connectivity index (χ4v) is 5.66. The van der Waals surface area contributed by atoms with Crippen LogP contribution in [0.2, 0.25) is 5.02 Å². The van der Waals surface area contributed by atoms with Crippen molar-refractivity contribution in [3.8, 4) is 0 Å². The van der Waals surface area contributed by atoms with Gasteiger partial charge >= 0.3 is 0 Å². The first-order valence-corrected chi connectivity index (χ1v) is 14.7. The Hall–Kier alpha value is -2.58. The lowest BCUT2D eigenvalue weighted by atomic mass is 10.1. The van der Waals surface area contributed by atoms with E-state index in [0.29, 0.717) is 17.1 Å². The summed E-state index contributed by atoms with van der Waals surface area (Å²) in [5, 5.41) is 3.61. The number of nitrogens with one attached hydrogen (secondary N) is 1. The van der Waals surface area contributed by atoms with Gasteiger partial charge in [-0.1, -0.05) is 60.3 Å². The van der Waals surface area contributed by atoms with Crippen molar-refractivity contribution in [3.05, 3.63) is 64.7 Å². The maximum Gasteiger partial charge on any atom is 0.242 e. The molecular formula is C27H36ClN3O4S. The van der Waals surface area contributed by atoms with E-state index in [4.69, 9.17) is 11.6 Å². The number of anilines is 1. The summed E-state index contributed by atoms with van der Waals surface area (Å²) in [5.41, 5.74) is 2.35. The average molecular weight is 534 g/mol. The van der Waals surface area contributed by atoms with Crippen LogP contribution in [0.4, 0.5) is 5.69 Å². The Morgan fingerprint density at radius 3 is 2.33 bits per heavy atom. The van der Waals surface area contributed by atoms with E-state index >= 15 is 0 Å². The van der Waals surface area contributed by atoms with Crippen LogP contribution in [-0.4, -0.2) is 50.0 Å². The van der Waals surface area contributed by atoms with E-state index in [1.54, 1.807) is 30.0 Å². The number of aryl methyl sites for hydroxylation is 1. The number of hydrogen-bond acceptors (Lipinski definition) is 4. The molecule has 0 bridgehead atoms. The molecule has 2 amide bonds. The van der Waals surface area contributed by atoms with Crippen LogP contribution in [0, 0.1) is 6.92 Å². The maximum atomic E-state index is 13.4. The molecule has 0 spiro atoms. The molecule has 3 rings (SSSR count). The van der Waals surface area contributed by atoms with E-state index in [9.17, 15) is 18.0 Å². The molecule has 1 aliphatic carbocycles. The van der Waals surface area contributed by atoms with Gasteiger partial charge in [0.1, 0.15) is 6.04 Å². The third kappa shape index (κ3) is 7.71. The number of amides is 2. The first-order chi connectivity index (χ1) is 17.1. The summed E-state index contributed by atoms with van der Waals surface area (Å²) in [7, 11) is -3.52. The predicted molar refractivity (Wildman–Crippen MR) is 144 cm³/mol. The first kappa shape index (κ1) is 28.0. The van der Waals surface area contributed by atoms with Crippen LogP contribution in [0.1, 0.15) is 56.6 Å². The summed E-state index contributed by atoms with van der Waals surface area (Å²) in [6.45, 7) is 4.03. The number of halogens is 1. The third-order valence-corrected chi connectivity index (χ3v) is 8.20. The minimum Gasteiger partial charge on any atom is -0.352 e. The number of hydrogen-bond donors (Lipinski definition) is 1. The van der Waals surface area contributed by atoms with Crippen LogP contribution in [0.15, 0.2) is 48.5 Å². The predicted octanol–water partition coefficient (Wildman–Crippen LogP) is 4.67. The number of carbonyl (C=O) groups excluding carboxylic acids is 2. The lowest BCUT2D eigenvalue weighted by Gasteiger charge is -2.30. The number of sulfonamides is 1. The Labute approximate surface area is 219 Å². The van der Waals surface area contributed by atoms with E-state index in [1.807, 2.05) is 37.3 Å². The molecule has 1 atom stereocenters. The highest BCUT2D eigenvalue weighted by Crippen LogP contribution is 2.22. The summed E-state index contributed by atoms with van der Waals surface area (Å²) < 4.78 is 26.2. The lowest BCUT2D eigenvalue weighted by molar-refractivity contribution is -0.140. The number of carbonyl (C=O) groups is 2. The molecule has 196 valence electrons. The average Bonchev–Trinajstić information content (AvgIpc) is 3.34. The van der Waals surface area contributed by atoms with Crippen LogP contribution in [-0.2, 0) is 26.2 Å². The summed E-state index contributed by atoms with van der Waals surface area (Å²) in [4.78, 5) is 28.0. The minimum absolute atomic E-state index is 0.101. The number of nitrogens with zero attached hydrogens (tertiary/aromatic N) is 2. The van der Waals surface area contributed by atoms with Gasteiger partial charge in [-0.3, -0.25) is 13.9 Å². The SMILES string of the molecule is Cc1ccc(N(CCCC(=O)N(Cc2ccccc2Cl)C(C)C(=O)NC2CCCC2)S(C)(=O)=O)cc1. The number of rotatable bonds is 11. The molecule has 1 saturated carbocycles. The Morgan fingerprint density at radius 2 is 1.72 bits per heavy atom. The molecule has 1 fully saturated rings. The van der Waals surface area contributed by atoms with Gasteiger partial charge in [0, 0.05) is 30.6 Å². The second kappa shape index (κ2) is 12.6. The molecule has 1 N–H and O–H groups in total. The zero-order chi connectivity index (χ0) is 26.3. The van der Waals surface area contributed by atoms with Gasteiger partial charge in [-0.05, 0) is 56.9 Å². The van der Waals surface area contributed by atoms with E-state index < -0.39 is 16.1 Å². The first-order valence-electron chi connectivity index (χ1n) is 12.4. The van der Waals surface area contributed by atoms with E-state index in [1.165, 1.54) is 4.31 Å². The van der Waals surface area contributed by atoms with Crippen LogP contribution in [0.25, 0.3) is 0 Å². The Morgan fingerprint density at radius 1 is 1.08 bits per heavy atom. The van der Waals surface area contributed by atoms with Crippen molar-refractivity contribution in [1.29, 1.82) is 0 Å². The van der Waals surface area contributed by atoms with Crippen LogP contribution in [0.3, 0.4) is 0 Å². The largest absolute Gasteiger partial charge is 0.352 e. The molecule has 9 heteroatoms. The van der Waals surface area contributed by atoms with E-state index in [2.05, 4.69) is 5.32 Å². The zero-order valence-electron chi connectivity index (χ0n) is 21.2. The summed E-state index contributed by atoms with van der Waals surface area (Å²) in [6.07, 6.45) is 5.68. The molecule has 0 aromatic heterocycles. The van der Waals surface area contributed by atoms with Crippen LogP contribution in [0.5, 0.6) is 0 Å². The zero-order valence-corrected chi connectivity index (χ0v) is 22.8. The van der Waals surface area contributed by atoms with Crippen molar-refractivity contribution >= 4 is 39.1 Å². The molecule has 0 aliphatic heterocycles. The summed E-state index contributed by atoms with van der Waals surface area (Å²) in [6, 6.07) is 14.0. The fraction of sp³-hybridized carbons (Fsp3) is 0.481. The quantitative estimate of drug-likeness (QED) is 0.454. The van der Waals surface area contributed by atoms with Crippen molar-refractivity contribution < 1.29 is 18.0 Å². The van der Waals surface area contributed by atoms with Gasteiger partial charge in [-0.15, -0.1) is 0 Å². The van der Waals surface area contributed by atoms with Crippen LogP contribution >= 0.6 is 11.6 Å². The van der Waals surface area contributed by atoms with Crippen molar-refractivity contribution in [1.82, 2.24) is 10.2 Å². The second-order valence-electron chi connectivity index (χ2n) is 9.55. The molecule has 1 aliphatic rings. The molecule has 0 saturated heterocycles. The van der Waals surface area contributed by atoms with Crippen molar-refractivity contribution in [3.63, 3.8) is 0 Å². The van der Waals surface area contributed by atoms with Gasteiger partial charge in [0.15, 0.2) is 0 Å². The monoisotopic (exact) mass is 533 g/mol. The summed E-state index contributed by atoms with van der Waals surface area (Å²) in [5.74, 6) is -0.402. The van der Waals surface area contributed by atoms with E-state index in [-0.39, 0.29) is 37.4 Å². The Balaban J connectivity index is 1.72. The number of benzene rings is 2. The van der Waals surface area contributed by atoms with Gasteiger partial charge in [0.05, 0.1) is 11.9 Å². The van der Waals surface area contributed by atoms with Crippen LogP contribution < -0.4 is 9.62 Å². The van der Waals surface area contributed by atoms with Crippen molar-refractivity contribution in [2.75, 3.05) is 17.1 Å². The van der Waals surface area contributed by atoms with E-state index in [0.717, 1.165) is 43.1 Å². The molecule has 1 unspecified atom stereocenters.